The molecule has 2 aliphatic rings. The molecule has 146 valence electrons. The standard InChI is InChI=1S/C16H27F3N2O3S/c1-11(14(22)20(4)12-6-8-25(23,24)9-12)21-7-5-13(16(17,18)19)15(2,3)10-21/h11-13H,5-10H2,1-4H3. The summed E-state index contributed by atoms with van der Waals surface area (Å²) in [4.78, 5) is 15.9. The second-order valence-electron chi connectivity index (χ2n) is 8.02. The number of amides is 1. The maximum Gasteiger partial charge on any atom is 0.392 e. The molecular weight excluding hydrogens is 357 g/mol. The molecule has 3 unspecified atom stereocenters. The fraction of sp³-hybridized carbons (Fsp3) is 0.938. The van der Waals surface area contributed by atoms with E-state index in [1.165, 1.54) is 4.90 Å². The average molecular weight is 384 g/mol. The summed E-state index contributed by atoms with van der Waals surface area (Å²) in [6.45, 7) is 5.24. The lowest BCUT2D eigenvalue weighted by atomic mass is 9.73. The molecule has 0 spiro atoms. The molecule has 5 nitrogen and oxygen atoms in total. The third-order valence-corrected chi connectivity index (χ3v) is 7.41. The molecule has 1 amide bonds. The van der Waals surface area contributed by atoms with Gasteiger partial charge in [0.25, 0.3) is 0 Å². The summed E-state index contributed by atoms with van der Waals surface area (Å²) >= 11 is 0. The lowest BCUT2D eigenvalue weighted by molar-refractivity contribution is -0.218. The van der Waals surface area contributed by atoms with Gasteiger partial charge in [0.2, 0.25) is 5.91 Å². The smallest absolute Gasteiger partial charge is 0.340 e. The van der Waals surface area contributed by atoms with E-state index >= 15 is 0 Å². The molecule has 2 saturated heterocycles. The summed E-state index contributed by atoms with van der Waals surface area (Å²) in [6, 6.07) is -0.914. The normalized spacial score (nSPS) is 30.8. The molecule has 2 aliphatic heterocycles. The van der Waals surface area contributed by atoms with Gasteiger partial charge in [-0.25, -0.2) is 8.42 Å². The van der Waals surface area contributed by atoms with Crippen molar-refractivity contribution >= 4 is 15.7 Å². The third kappa shape index (κ3) is 4.48. The van der Waals surface area contributed by atoms with Crippen molar-refractivity contribution in [2.24, 2.45) is 11.3 Å². The maximum absolute atomic E-state index is 13.2. The minimum Gasteiger partial charge on any atom is -0.340 e. The van der Waals surface area contributed by atoms with E-state index in [1.807, 2.05) is 0 Å². The van der Waals surface area contributed by atoms with E-state index < -0.39 is 33.4 Å². The van der Waals surface area contributed by atoms with Crippen molar-refractivity contribution in [2.45, 2.75) is 51.9 Å². The monoisotopic (exact) mass is 384 g/mol. The van der Waals surface area contributed by atoms with Gasteiger partial charge in [-0.1, -0.05) is 13.8 Å². The van der Waals surface area contributed by atoms with E-state index in [4.69, 9.17) is 0 Å². The summed E-state index contributed by atoms with van der Waals surface area (Å²) in [6.07, 6.45) is -3.85. The number of carbonyl (C=O) groups is 1. The molecule has 2 heterocycles. The molecule has 0 N–H and O–H groups in total. The highest BCUT2D eigenvalue weighted by Crippen LogP contribution is 2.45. The quantitative estimate of drug-likeness (QED) is 0.746. The van der Waals surface area contributed by atoms with Gasteiger partial charge in [-0.3, -0.25) is 9.69 Å². The van der Waals surface area contributed by atoms with Gasteiger partial charge in [0.15, 0.2) is 9.84 Å². The van der Waals surface area contributed by atoms with Crippen LogP contribution < -0.4 is 0 Å². The zero-order valence-electron chi connectivity index (χ0n) is 15.1. The number of nitrogens with zero attached hydrogens (tertiary/aromatic N) is 2. The predicted octanol–water partition coefficient (Wildman–Crippen LogP) is 1.93. The first-order valence-corrected chi connectivity index (χ1v) is 10.3. The first kappa shape index (κ1) is 20.5. The number of carbonyl (C=O) groups excluding carboxylic acids is 1. The van der Waals surface area contributed by atoms with E-state index in [0.29, 0.717) is 6.42 Å². The summed E-state index contributed by atoms with van der Waals surface area (Å²) in [5.41, 5.74) is -0.972. The first-order chi connectivity index (χ1) is 11.2. The van der Waals surface area contributed by atoms with Gasteiger partial charge < -0.3 is 4.90 Å². The van der Waals surface area contributed by atoms with E-state index in [0.717, 1.165) is 0 Å². The van der Waals surface area contributed by atoms with Crippen molar-refractivity contribution in [3.63, 3.8) is 0 Å². The van der Waals surface area contributed by atoms with Crippen molar-refractivity contribution in [3.8, 4) is 0 Å². The molecule has 25 heavy (non-hydrogen) atoms. The molecule has 0 bridgehead atoms. The van der Waals surface area contributed by atoms with Crippen LogP contribution >= 0.6 is 0 Å². The Kier molecular flexibility index (Phi) is 5.50. The number of piperidine rings is 1. The molecule has 0 aromatic heterocycles. The molecule has 0 aliphatic carbocycles. The Morgan fingerprint density at radius 2 is 1.88 bits per heavy atom. The van der Waals surface area contributed by atoms with Gasteiger partial charge in [0, 0.05) is 19.6 Å². The van der Waals surface area contributed by atoms with Gasteiger partial charge in [-0.2, -0.15) is 13.2 Å². The number of rotatable bonds is 3. The minimum absolute atomic E-state index is 0.0321. The fourth-order valence-electron chi connectivity index (χ4n) is 4.05. The minimum atomic E-state index is -4.24. The maximum atomic E-state index is 13.2. The number of halogens is 3. The number of sulfone groups is 1. The topological polar surface area (TPSA) is 57.7 Å². The highest BCUT2D eigenvalue weighted by Gasteiger charge is 2.52. The number of alkyl halides is 3. The Bertz CT molecular complexity index is 619. The van der Waals surface area contributed by atoms with E-state index in [-0.39, 0.29) is 43.0 Å². The van der Waals surface area contributed by atoms with Crippen molar-refractivity contribution in [1.82, 2.24) is 9.80 Å². The molecule has 0 saturated carbocycles. The molecule has 2 rings (SSSR count). The lowest BCUT2D eigenvalue weighted by Crippen LogP contribution is -2.57. The van der Waals surface area contributed by atoms with Gasteiger partial charge in [-0.05, 0) is 31.7 Å². The molecule has 0 aromatic rings. The zero-order valence-corrected chi connectivity index (χ0v) is 16.0. The number of likely N-dealkylation sites (N-methyl/N-ethyl adjacent to an activating group) is 1. The van der Waals surface area contributed by atoms with Crippen molar-refractivity contribution in [3.05, 3.63) is 0 Å². The Morgan fingerprint density at radius 3 is 2.32 bits per heavy atom. The van der Waals surface area contributed by atoms with Crippen LogP contribution in [-0.4, -0.2) is 74.0 Å². The van der Waals surface area contributed by atoms with Gasteiger partial charge >= 0.3 is 6.18 Å². The second kappa shape index (κ2) is 6.72. The number of hydrogen-bond donors (Lipinski definition) is 0. The molecule has 9 heteroatoms. The molecule has 2 fully saturated rings. The van der Waals surface area contributed by atoms with E-state index in [1.54, 1.807) is 32.7 Å². The number of likely N-dealkylation sites (tertiary alicyclic amines) is 1. The predicted molar refractivity (Wildman–Crippen MR) is 88.8 cm³/mol. The van der Waals surface area contributed by atoms with Crippen LogP contribution in [0.15, 0.2) is 0 Å². The van der Waals surface area contributed by atoms with Crippen LogP contribution in [0.5, 0.6) is 0 Å². The Morgan fingerprint density at radius 1 is 1.28 bits per heavy atom. The Balaban J connectivity index is 2.03. The van der Waals surface area contributed by atoms with Crippen LogP contribution in [0, 0.1) is 11.3 Å². The first-order valence-electron chi connectivity index (χ1n) is 8.52. The van der Waals surface area contributed by atoms with Crippen LogP contribution in [0.2, 0.25) is 0 Å². The summed E-state index contributed by atoms with van der Waals surface area (Å²) < 4.78 is 62.7. The van der Waals surface area contributed by atoms with Gasteiger partial charge in [0.05, 0.1) is 23.5 Å². The summed E-state index contributed by atoms with van der Waals surface area (Å²) in [5.74, 6) is -1.57. The Labute approximate surface area is 147 Å². The van der Waals surface area contributed by atoms with Crippen LogP contribution in [0.1, 0.15) is 33.6 Å². The molecular formula is C16H27F3N2O3S. The van der Waals surface area contributed by atoms with E-state index in [2.05, 4.69) is 0 Å². The zero-order chi connectivity index (χ0) is 19.2. The van der Waals surface area contributed by atoms with Gasteiger partial charge in [-0.15, -0.1) is 0 Å². The third-order valence-electron chi connectivity index (χ3n) is 5.66. The summed E-state index contributed by atoms with van der Waals surface area (Å²) in [5, 5.41) is 0. The van der Waals surface area contributed by atoms with Crippen LogP contribution in [0.3, 0.4) is 0 Å². The highest BCUT2D eigenvalue weighted by atomic mass is 32.2. The summed E-state index contributed by atoms with van der Waals surface area (Å²) in [7, 11) is -1.52. The van der Waals surface area contributed by atoms with Crippen molar-refractivity contribution in [2.75, 3.05) is 31.6 Å². The van der Waals surface area contributed by atoms with Crippen molar-refractivity contribution in [1.29, 1.82) is 0 Å². The average Bonchev–Trinajstić information content (AvgIpc) is 2.82. The SMILES string of the molecule is CC(C(=O)N(C)C1CCS(=O)(=O)C1)N1CCC(C(F)(F)F)C(C)(C)C1. The lowest BCUT2D eigenvalue weighted by Gasteiger charge is -2.47. The second-order valence-corrected chi connectivity index (χ2v) is 10.3. The van der Waals surface area contributed by atoms with Crippen LogP contribution in [-0.2, 0) is 14.6 Å². The molecule has 0 aromatic carbocycles. The van der Waals surface area contributed by atoms with Gasteiger partial charge in [0.1, 0.15) is 0 Å². The van der Waals surface area contributed by atoms with E-state index in [9.17, 15) is 26.4 Å². The largest absolute Gasteiger partial charge is 0.392 e. The molecule has 0 radical (unpaired) electrons. The van der Waals surface area contributed by atoms with Crippen LogP contribution in [0.25, 0.3) is 0 Å². The van der Waals surface area contributed by atoms with Crippen molar-refractivity contribution < 1.29 is 26.4 Å². The number of hydrogen-bond acceptors (Lipinski definition) is 4. The fourth-order valence-corrected chi connectivity index (χ4v) is 5.82. The highest BCUT2D eigenvalue weighted by molar-refractivity contribution is 7.91. The Hall–Kier alpha value is -0.830. The molecule has 3 atom stereocenters. The van der Waals surface area contributed by atoms with Crippen LogP contribution in [0.4, 0.5) is 13.2 Å².